The maximum absolute atomic E-state index is 12.1. The number of hydrogen-bond donors (Lipinski definition) is 0. The minimum absolute atomic E-state index is 0.0454. The smallest absolute Gasteiger partial charge is 0.176 e. The van der Waals surface area contributed by atoms with Crippen molar-refractivity contribution in [2.75, 3.05) is 5.75 Å². The Labute approximate surface area is 130 Å². The van der Waals surface area contributed by atoms with Crippen LogP contribution >= 0.6 is 23.2 Å². The average Bonchev–Trinajstić information content (AvgIpc) is 2.39. The van der Waals surface area contributed by atoms with Crippen LogP contribution < -0.4 is 0 Å². The van der Waals surface area contributed by atoms with E-state index >= 15 is 0 Å². The number of benzene rings is 2. The summed E-state index contributed by atoms with van der Waals surface area (Å²) in [6.07, 6.45) is 0. The molecule has 0 fully saturated rings. The summed E-state index contributed by atoms with van der Waals surface area (Å²) in [5.41, 5.74) is 1.30. The predicted molar refractivity (Wildman–Crippen MR) is 83.9 cm³/mol. The van der Waals surface area contributed by atoms with Crippen molar-refractivity contribution in [1.82, 2.24) is 0 Å². The Bertz CT molecular complexity index is 642. The van der Waals surface area contributed by atoms with Gasteiger partial charge in [-0.3, -0.25) is 9.00 Å². The largest absolute Gasteiger partial charge is 0.293 e. The molecular weight excluding hydrogens is 315 g/mol. The van der Waals surface area contributed by atoms with Gasteiger partial charge in [-0.1, -0.05) is 53.5 Å². The lowest BCUT2D eigenvalue weighted by Gasteiger charge is -2.05. The second kappa shape index (κ2) is 7.02. The van der Waals surface area contributed by atoms with Crippen LogP contribution in [0.15, 0.2) is 48.5 Å². The second-order valence-electron chi connectivity index (χ2n) is 4.26. The lowest BCUT2D eigenvalue weighted by molar-refractivity contribution is 0.102. The van der Waals surface area contributed by atoms with E-state index in [1.807, 2.05) is 30.3 Å². The molecule has 1 atom stereocenters. The van der Waals surface area contributed by atoms with E-state index in [0.29, 0.717) is 21.4 Å². The van der Waals surface area contributed by atoms with Crippen LogP contribution in [0.3, 0.4) is 0 Å². The first-order valence-corrected chi connectivity index (χ1v) is 8.18. The van der Waals surface area contributed by atoms with Gasteiger partial charge in [-0.05, 0) is 23.8 Å². The topological polar surface area (TPSA) is 34.1 Å². The number of carbonyl (C=O) groups excluding carboxylic acids is 1. The number of halogens is 2. The molecule has 0 aliphatic carbocycles. The first-order chi connectivity index (χ1) is 9.56. The van der Waals surface area contributed by atoms with Crippen LogP contribution in [0.5, 0.6) is 0 Å². The fourth-order valence-corrected chi connectivity index (χ4v) is 3.38. The Hall–Kier alpha value is -1.16. The molecule has 0 saturated carbocycles. The molecule has 0 saturated heterocycles. The van der Waals surface area contributed by atoms with E-state index in [-0.39, 0.29) is 11.5 Å². The van der Waals surface area contributed by atoms with Crippen LogP contribution in [0.4, 0.5) is 0 Å². The van der Waals surface area contributed by atoms with Gasteiger partial charge in [-0.25, -0.2) is 0 Å². The van der Waals surface area contributed by atoms with Crippen molar-refractivity contribution in [2.24, 2.45) is 0 Å². The molecule has 2 aromatic carbocycles. The summed E-state index contributed by atoms with van der Waals surface area (Å²) < 4.78 is 12.0. The molecule has 2 nitrogen and oxygen atoms in total. The molecule has 1 unspecified atom stereocenters. The quantitative estimate of drug-likeness (QED) is 0.774. The van der Waals surface area contributed by atoms with Gasteiger partial charge in [0.05, 0.1) is 10.8 Å². The van der Waals surface area contributed by atoms with E-state index in [2.05, 4.69) is 0 Å². The van der Waals surface area contributed by atoms with Gasteiger partial charge in [-0.15, -0.1) is 0 Å². The number of rotatable bonds is 5. The van der Waals surface area contributed by atoms with E-state index in [9.17, 15) is 9.00 Å². The molecule has 20 heavy (non-hydrogen) atoms. The standard InChI is InChI=1S/C15H12Cl2O2S/c16-12-6-7-13(14(17)8-12)15(18)10-20(19)9-11-4-2-1-3-5-11/h1-8H,9-10H2. The molecule has 104 valence electrons. The van der Waals surface area contributed by atoms with Crippen molar-refractivity contribution in [3.8, 4) is 0 Å². The first kappa shape index (κ1) is 15.2. The van der Waals surface area contributed by atoms with Crippen LogP contribution in [0.25, 0.3) is 0 Å². The van der Waals surface area contributed by atoms with Crippen LogP contribution in [0.1, 0.15) is 15.9 Å². The third-order valence-electron chi connectivity index (χ3n) is 2.69. The van der Waals surface area contributed by atoms with Crippen molar-refractivity contribution in [1.29, 1.82) is 0 Å². The summed E-state index contributed by atoms with van der Waals surface area (Å²) in [6.45, 7) is 0. The van der Waals surface area contributed by atoms with Gasteiger partial charge in [0, 0.05) is 27.1 Å². The molecule has 0 amide bonds. The number of hydrogen-bond acceptors (Lipinski definition) is 2. The summed E-state index contributed by atoms with van der Waals surface area (Å²) in [4.78, 5) is 12.1. The van der Waals surface area contributed by atoms with E-state index < -0.39 is 10.8 Å². The fourth-order valence-electron chi connectivity index (χ4n) is 1.75. The van der Waals surface area contributed by atoms with Gasteiger partial charge in [0.2, 0.25) is 0 Å². The highest BCUT2D eigenvalue weighted by Crippen LogP contribution is 2.21. The van der Waals surface area contributed by atoms with Crippen LogP contribution in [-0.4, -0.2) is 15.7 Å². The summed E-state index contributed by atoms with van der Waals surface area (Å²) in [5, 5.41) is 0.760. The lowest BCUT2D eigenvalue weighted by atomic mass is 10.1. The molecule has 2 rings (SSSR count). The van der Waals surface area contributed by atoms with E-state index in [4.69, 9.17) is 23.2 Å². The van der Waals surface area contributed by atoms with Crippen LogP contribution in [-0.2, 0) is 16.6 Å². The van der Waals surface area contributed by atoms with Gasteiger partial charge >= 0.3 is 0 Å². The van der Waals surface area contributed by atoms with E-state index in [1.165, 1.54) is 6.07 Å². The monoisotopic (exact) mass is 326 g/mol. The normalized spacial score (nSPS) is 12.1. The summed E-state index contributed by atoms with van der Waals surface area (Å²) in [7, 11) is -1.26. The zero-order chi connectivity index (χ0) is 14.5. The predicted octanol–water partition coefficient (Wildman–Crippen LogP) is 4.13. The van der Waals surface area contributed by atoms with Crippen molar-refractivity contribution in [3.63, 3.8) is 0 Å². The third-order valence-corrected chi connectivity index (χ3v) is 4.48. The van der Waals surface area contributed by atoms with Gasteiger partial charge < -0.3 is 0 Å². The molecule has 0 heterocycles. The Kier molecular flexibility index (Phi) is 5.35. The molecule has 0 spiro atoms. The maximum atomic E-state index is 12.1. The zero-order valence-corrected chi connectivity index (χ0v) is 12.8. The minimum atomic E-state index is -1.26. The SMILES string of the molecule is O=C(CS(=O)Cc1ccccc1)c1ccc(Cl)cc1Cl. The highest BCUT2D eigenvalue weighted by molar-refractivity contribution is 7.85. The highest BCUT2D eigenvalue weighted by Gasteiger charge is 2.14. The summed E-state index contributed by atoms with van der Waals surface area (Å²) >= 11 is 11.7. The molecule has 0 radical (unpaired) electrons. The Morgan fingerprint density at radius 2 is 1.75 bits per heavy atom. The fraction of sp³-hybridized carbons (Fsp3) is 0.133. The number of ketones is 1. The molecule has 5 heteroatoms. The molecular formula is C15H12Cl2O2S. The summed E-state index contributed by atoms with van der Waals surface area (Å²) in [5.74, 6) is 0.0783. The van der Waals surface area contributed by atoms with Gasteiger partial charge in [0.15, 0.2) is 5.78 Å². The van der Waals surface area contributed by atoms with Gasteiger partial charge in [0.1, 0.15) is 0 Å². The van der Waals surface area contributed by atoms with Crippen molar-refractivity contribution >= 4 is 39.8 Å². The van der Waals surface area contributed by atoms with Crippen molar-refractivity contribution in [2.45, 2.75) is 5.75 Å². The van der Waals surface area contributed by atoms with Crippen molar-refractivity contribution in [3.05, 3.63) is 69.7 Å². The van der Waals surface area contributed by atoms with Crippen LogP contribution in [0, 0.1) is 0 Å². The van der Waals surface area contributed by atoms with E-state index in [0.717, 1.165) is 5.56 Å². The number of Topliss-reactive ketones (excluding diaryl/α,β-unsaturated/α-hetero) is 1. The van der Waals surface area contributed by atoms with E-state index in [1.54, 1.807) is 12.1 Å². The second-order valence-corrected chi connectivity index (χ2v) is 6.56. The maximum Gasteiger partial charge on any atom is 0.176 e. The molecule has 0 aliphatic heterocycles. The van der Waals surface area contributed by atoms with Crippen molar-refractivity contribution < 1.29 is 9.00 Å². The Morgan fingerprint density at radius 3 is 2.40 bits per heavy atom. The Morgan fingerprint density at radius 1 is 1.05 bits per heavy atom. The first-order valence-electron chi connectivity index (χ1n) is 5.93. The molecule has 0 aromatic heterocycles. The number of carbonyl (C=O) groups is 1. The highest BCUT2D eigenvalue weighted by atomic mass is 35.5. The lowest BCUT2D eigenvalue weighted by Crippen LogP contribution is -2.12. The third kappa shape index (κ3) is 4.17. The summed E-state index contributed by atoms with van der Waals surface area (Å²) in [6, 6.07) is 14.1. The van der Waals surface area contributed by atoms with Crippen LogP contribution in [0.2, 0.25) is 10.0 Å². The molecule has 0 bridgehead atoms. The average molecular weight is 327 g/mol. The van der Waals surface area contributed by atoms with Gasteiger partial charge in [-0.2, -0.15) is 0 Å². The molecule has 0 N–H and O–H groups in total. The van der Waals surface area contributed by atoms with Gasteiger partial charge in [0.25, 0.3) is 0 Å². The Balaban J connectivity index is 2.02. The molecule has 0 aliphatic rings. The molecule has 2 aromatic rings. The zero-order valence-electron chi connectivity index (χ0n) is 10.5. The minimum Gasteiger partial charge on any atom is -0.293 e.